The van der Waals surface area contributed by atoms with Crippen LogP contribution in [-0.4, -0.2) is 17.7 Å². The van der Waals surface area contributed by atoms with Crippen LogP contribution in [0.25, 0.3) is 0 Å². The fraction of sp³-hybridized carbons (Fsp3) is 0.867. The number of alkyl halides is 3. The molecule has 0 heterocycles. The van der Waals surface area contributed by atoms with Crippen LogP contribution in [0.5, 0.6) is 0 Å². The molecule has 0 aliphatic heterocycles. The molecule has 0 N–H and O–H groups in total. The maximum absolute atomic E-state index is 12.8. The minimum absolute atomic E-state index is 0.420. The van der Waals surface area contributed by atoms with Crippen LogP contribution in [0.1, 0.15) is 45.4 Å². The predicted molar refractivity (Wildman–Crippen MR) is 65.8 cm³/mol. The fourth-order valence-electron chi connectivity index (χ4n) is 5.59. The van der Waals surface area contributed by atoms with E-state index in [2.05, 4.69) is 0 Å². The summed E-state index contributed by atoms with van der Waals surface area (Å²) in [5.74, 6) is -2.62. The van der Waals surface area contributed by atoms with Gasteiger partial charge in [-0.15, -0.1) is 0 Å². The number of halogens is 3. The van der Waals surface area contributed by atoms with Crippen LogP contribution < -0.4 is 0 Å². The van der Waals surface area contributed by atoms with Gasteiger partial charge in [0.2, 0.25) is 5.78 Å². The van der Waals surface area contributed by atoms with E-state index in [-0.39, 0.29) is 0 Å². The highest BCUT2D eigenvalue weighted by Crippen LogP contribution is 2.63. The molecule has 0 aromatic rings. The molecular formula is C15H19F3O2. The molecule has 4 saturated carbocycles. The van der Waals surface area contributed by atoms with Crippen molar-refractivity contribution in [2.45, 2.75) is 51.6 Å². The Bertz CT molecular complexity index is 417. The topological polar surface area (TPSA) is 34.1 Å². The number of ketones is 2. The number of rotatable bonds is 3. The average Bonchev–Trinajstić information content (AvgIpc) is 2.24. The maximum Gasteiger partial charge on any atom is 0.450 e. The zero-order chi connectivity index (χ0) is 14.7. The van der Waals surface area contributed by atoms with E-state index in [0.29, 0.717) is 37.0 Å². The predicted octanol–water partition coefficient (Wildman–Crippen LogP) is 3.54. The van der Waals surface area contributed by atoms with Gasteiger partial charge in [0.25, 0.3) is 0 Å². The summed E-state index contributed by atoms with van der Waals surface area (Å²) in [6.45, 7) is 1.15. The largest absolute Gasteiger partial charge is 0.450 e. The van der Waals surface area contributed by atoms with Crippen LogP contribution in [0.3, 0.4) is 0 Å². The zero-order valence-electron chi connectivity index (χ0n) is 11.5. The molecule has 4 fully saturated rings. The van der Waals surface area contributed by atoms with E-state index >= 15 is 0 Å². The van der Waals surface area contributed by atoms with E-state index in [1.54, 1.807) is 0 Å². The smallest absolute Gasteiger partial charge is 0.299 e. The number of hydrogen-bond donors (Lipinski definition) is 0. The van der Waals surface area contributed by atoms with Crippen molar-refractivity contribution in [1.82, 2.24) is 0 Å². The highest BCUT2D eigenvalue weighted by Gasteiger charge is 2.60. The zero-order valence-corrected chi connectivity index (χ0v) is 11.5. The Morgan fingerprint density at radius 1 is 1.00 bits per heavy atom. The fourth-order valence-corrected chi connectivity index (χ4v) is 5.59. The van der Waals surface area contributed by atoms with Gasteiger partial charge in [0.15, 0.2) is 0 Å². The highest BCUT2D eigenvalue weighted by molar-refractivity contribution is 6.04. The lowest BCUT2D eigenvalue weighted by Crippen LogP contribution is -2.55. The summed E-state index contributed by atoms with van der Waals surface area (Å²) < 4.78 is 38.5. The third-order valence-corrected chi connectivity index (χ3v) is 5.65. The Balaban J connectivity index is 1.95. The minimum Gasteiger partial charge on any atom is -0.299 e. The molecule has 4 rings (SSSR count). The van der Waals surface area contributed by atoms with Gasteiger partial charge in [0, 0.05) is 0 Å². The van der Waals surface area contributed by atoms with Gasteiger partial charge in [-0.05, 0) is 68.6 Å². The van der Waals surface area contributed by atoms with Gasteiger partial charge in [-0.2, -0.15) is 13.2 Å². The highest BCUT2D eigenvalue weighted by atomic mass is 19.4. The quantitative estimate of drug-likeness (QED) is 0.744. The van der Waals surface area contributed by atoms with Crippen LogP contribution in [0, 0.1) is 29.1 Å². The summed E-state index contributed by atoms with van der Waals surface area (Å²) in [7, 11) is 0. The summed E-state index contributed by atoms with van der Waals surface area (Å²) in [5.41, 5.74) is -0.701. The number of carbonyl (C=O) groups excluding carboxylic acids is 2. The summed E-state index contributed by atoms with van der Waals surface area (Å²) >= 11 is 0. The summed E-state index contributed by atoms with van der Waals surface area (Å²) in [6, 6.07) is 0. The van der Waals surface area contributed by atoms with E-state index < -0.39 is 29.1 Å². The lowest BCUT2D eigenvalue weighted by atomic mass is 9.45. The molecule has 4 aliphatic carbocycles. The van der Waals surface area contributed by atoms with Crippen molar-refractivity contribution in [3.05, 3.63) is 0 Å². The molecule has 0 saturated heterocycles. The molecule has 0 aromatic heterocycles. The summed E-state index contributed by atoms with van der Waals surface area (Å²) in [6.07, 6.45) is 0.207. The molecule has 0 aromatic carbocycles. The van der Waals surface area contributed by atoms with Crippen molar-refractivity contribution in [1.29, 1.82) is 0 Å². The van der Waals surface area contributed by atoms with Gasteiger partial charge in [-0.1, -0.05) is 0 Å². The van der Waals surface area contributed by atoms with Gasteiger partial charge in [0.1, 0.15) is 5.78 Å². The van der Waals surface area contributed by atoms with Crippen molar-refractivity contribution >= 4 is 11.6 Å². The van der Waals surface area contributed by atoms with Crippen molar-refractivity contribution in [2.75, 3.05) is 0 Å². The van der Waals surface area contributed by atoms with E-state index in [1.165, 1.54) is 0 Å². The molecule has 112 valence electrons. The van der Waals surface area contributed by atoms with Crippen LogP contribution in [0.4, 0.5) is 13.2 Å². The van der Waals surface area contributed by atoms with Crippen molar-refractivity contribution in [3.8, 4) is 0 Å². The lowest BCUT2D eigenvalue weighted by Gasteiger charge is -2.58. The minimum atomic E-state index is -4.90. The molecule has 1 atom stereocenters. The van der Waals surface area contributed by atoms with E-state index in [9.17, 15) is 22.8 Å². The first kappa shape index (κ1) is 14.1. The second-order valence-corrected chi connectivity index (χ2v) is 7.19. The Kier molecular flexibility index (Phi) is 3.04. The lowest BCUT2D eigenvalue weighted by molar-refractivity contribution is -0.188. The Morgan fingerprint density at radius 2 is 1.40 bits per heavy atom. The Labute approximate surface area is 116 Å². The third kappa shape index (κ3) is 2.09. The van der Waals surface area contributed by atoms with Gasteiger partial charge in [0.05, 0.1) is 5.92 Å². The van der Waals surface area contributed by atoms with Crippen LogP contribution in [-0.2, 0) is 9.59 Å². The van der Waals surface area contributed by atoms with Crippen molar-refractivity contribution in [2.24, 2.45) is 29.1 Å². The number of carbonyl (C=O) groups is 2. The van der Waals surface area contributed by atoms with Gasteiger partial charge >= 0.3 is 6.18 Å². The molecule has 0 unspecified atom stereocenters. The monoisotopic (exact) mass is 288 g/mol. The first-order valence-electron chi connectivity index (χ1n) is 7.33. The normalized spacial score (nSPS) is 40.7. The van der Waals surface area contributed by atoms with Gasteiger partial charge in [-0.25, -0.2) is 0 Å². The van der Waals surface area contributed by atoms with Crippen LogP contribution in [0.15, 0.2) is 0 Å². The molecule has 0 amide bonds. The van der Waals surface area contributed by atoms with E-state index in [0.717, 1.165) is 26.2 Å². The van der Waals surface area contributed by atoms with E-state index in [1.807, 2.05) is 0 Å². The SMILES string of the molecule is CC(=O)[C@@H](C(=O)C(F)(F)F)C12CC3CC(CC(C3)C1)C2. The molecule has 4 aliphatic rings. The van der Waals surface area contributed by atoms with Crippen molar-refractivity contribution in [3.63, 3.8) is 0 Å². The van der Waals surface area contributed by atoms with Crippen LogP contribution in [0.2, 0.25) is 0 Å². The first-order valence-corrected chi connectivity index (χ1v) is 7.33. The summed E-state index contributed by atoms with van der Waals surface area (Å²) in [4.78, 5) is 23.6. The molecule has 0 spiro atoms. The number of Topliss-reactive ketones (excluding diaryl/α,β-unsaturated/α-hetero) is 2. The van der Waals surface area contributed by atoms with Gasteiger partial charge < -0.3 is 0 Å². The van der Waals surface area contributed by atoms with Crippen LogP contribution >= 0.6 is 0 Å². The molecule has 4 bridgehead atoms. The second-order valence-electron chi connectivity index (χ2n) is 7.19. The molecule has 0 radical (unpaired) electrons. The Morgan fingerprint density at radius 3 is 1.70 bits per heavy atom. The standard InChI is InChI=1S/C15H19F3O2/c1-8(19)12(13(20)15(16,17)18)14-5-9-2-10(6-14)4-11(3-9)7-14/h9-12H,2-7H2,1H3/t9?,10?,11?,12-,14?/m0/s1. The molecule has 2 nitrogen and oxygen atoms in total. The molecular weight excluding hydrogens is 269 g/mol. The maximum atomic E-state index is 12.8. The first-order chi connectivity index (χ1) is 9.21. The average molecular weight is 288 g/mol. The third-order valence-electron chi connectivity index (χ3n) is 5.65. The van der Waals surface area contributed by atoms with Crippen molar-refractivity contribution < 1.29 is 22.8 Å². The Hall–Kier alpha value is -0.870. The summed E-state index contributed by atoms with van der Waals surface area (Å²) in [5, 5.41) is 0. The van der Waals surface area contributed by atoms with E-state index in [4.69, 9.17) is 0 Å². The second kappa shape index (κ2) is 4.31. The molecule has 5 heteroatoms. The van der Waals surface area contributed by atoms with Gasteiger partial charge in [-0.3, -0.25) is 9.59 Å². The molecule has 20 heavy (non-hydrogen) atoms. The number of hydrogen-bond acceptors (Lipinski definition) is 2.